The summed E-state index contributed by atoms with van der Waals surface area (Å²) in [6, 6.07) is 15.4. The molecule has 0 aliphatic rings. The standard InChI is InChI=1S/C20H18N4O2/c1-14-19(26-13-22-14)11-23(2)20(25)15-7-3-5-9-17(15)24-12-21-16-8-4-6-10-18(16)24/h3-10,12-13H,11H2,1-2H3. The summed E-state index contributed by atoms with van der Waals surface area (Å²) in [5.74, 6) is 0.598. The predicted octanol–water partition coefficient (Wildman–Crippen LogP) is 3.59. The van der Waals surface area contributed by atoms with Crippen LogP contribution >= 0.6 is 0 Å². The lowest BCUT2D eigenvalue weighted by Crippen LogP contribution is -2.27. The van der Waals surface area contributed by atoms with Gasteiger partial charge in [0.1, 0.15) is 12.1 Å². The molecular formula is C20H18N4O2. The van der Waals surface area contributed by atoms with Crippen molar-refractivity contribution in [2.24, 2.45) is 0 Å². The molecule has 0 atom stereocenters. The average Bonchev–Trinajstić information content (AvgIpc) is 3.27. The fourth-order valence-corrected chi connectivity index (χ4v) is 2.99. The van der Waals surface area contributed by atoms with Crippen LogP contribution < -0.4 is 0 Å². The van der Waals surface area contributed by atoms with Crippen molar-refractivity contribution in [3.63, 3.8) is 0 Å². The van der Waals surface area contributed by atoms with Crippen LogP contribution in [0.4, 0.5) is 0 Å². The van der Waals surface area contributed by atoms with Gasteiger partial charge in [0.15, 0.2) is 6.39 Å². The van der Waals surface area contributed by atoms with Gasteiger partial charge in [0.2, 0.25) is 0 Å². The van der Waals surface area contributed by atoms with Crippen molar-refractivity contribution in [3.05, 3.63) is 78.3 Å². The van der Waals surface area contributed by atoms with Crippen LogP contribution in [0.1, 0.15) is 21.8 Å². The molecule has 0 radical (unpaired) electrons. The number of benzene rings is 2. The van der Waals surface area contributed by atoms with Gasteiger partial charge in [-0.1, -0.05) is 24.3 Å². The molecule has 4 aromatic rings. The maximum Gasteiger partial charge on any atom is 0.256 e. The predicted molar refractivity (Wildman–Crippen MR) is 98.1 cm³/mol. The molecular weight excluding hydrogens is 328 g/mol. The summed E-state index contributed by atoms with van der Waals surface area (Å²) in [7, 11) is 1.76. The normalized spacial score (nSPS) is 11.0. The van der Waals surface area contributed by atoms with Gasteiger partial charge in [-0.05, 0) is 31.2 Å². The Morgan fingerprint density at radius 3 is 2.69 bits per heavy atom. The van der Waals surface area contributed by atoms with E-state index in [2.05, 4.69) is 9.97 Å². The van der Waals surface area contributed by atoms with Gasteiger partial charge in [0, 0.05) is 7.05 Å². The van der Waals surface area contributed by atoms with Gasteiger partial charge >= 0.3 is 0 Å². The van der Waals surface area contributed by atoms with E-state index in [1.54, 1.807) is 18.3 Å². The first-order valence-corrected chi connectivity index (χ1v) is 8.31. The molecule has 0 unspecified atom stereocenters. The Morgan fingerprint density at radius 1 is 1.12 bits per heavy atom. The Bertz CT molecular complexity index is 1080. The van der Waals surface area contributed by atoms with Crippen molar-refractivity contribution in [2.45, 2.75) is 13.5 Å². The molecule has 0 aliphatic heterocycles. The van der Waals surface area contributed by atoms with E-state index in [1.807, 2.05) is 60.0 Å². The van der Waals surface area contributed by atoms with Gasteiger partial charge < -0.3 is 9.32 Å². The molecule has 0 fully saturated rings. The summed E-state index contributed by atoms with van der Waals surface area (Å²) in [6.45, 7) is 2.23. The quantitative estimate of drug-likeness (QED) is 0.566. The maximum atomic E-state index is 13.1. The molecule has 26 heavy (non-hydrogen) atoms. The number of imidazole rings is 1. The van der Waals surface area contributed by atoms with Crippen LogP contribution in [-0.4, -0.2) is 32.4 Å². The molecule has 0 saturated carbocycles. The number of fused-ring (bicyclic) bond motifs is 1. The highest BCUT2D eigenvalue weighted by Crippen LogP contribution is 2.22. The van der Waals surface area contributed by atoms with Gasteiger partial charge in [-0.2, -0.15) is 0 Å². The molecule has 6 nitrogen and oxygen atoms in total. The van der Waals surface area contributed by atoms with Crippen molar-refractivity contribution in [1.29, 1.82) is 0 Å². The Labute approximate surface area is 150 Å². The molecule has 130 valence electrons. The second-order valence-corrected chi connectivity index (χ2v) is 6.14. The molecule has 6 heteroatoms. The third-order valence-corrected chi connectivity index (χ3v) is 4.42. The maximum absolute atomic E-state index is 13.1. The van der Waals surface area contributed by atoms with Crippen LogP contribution in [0.25, 0.3) is 16.7 Å². The molecule has 0 aliphatic carbocycles. The second-order valence-electron chi connectivity index (χ2n) is 6.14. The lowest BCUT2D eigenvalue weighted by atomic mass is 10.1. The fraction of sp³-hybridized carbons (Fsp3) is 0.150. The number of amides is 1. The summed E-state index contributed by atoms with van der Waals surface area (Å²) in [6.07, 6.45) is 3.14. The highest BCUT2D eigenvalue weighted by molar-refractivity contribution is 5.98. The number of aryl methyl sites for hydroxylation is 1. The Hall–Kier alpha value is -3.41. The Kier molecular flexibility index (Phi) is 4.01. The fourth-order valence-electron chi connectivity index (χ4n) is 2.99. The van der Waals surface area contributed by atoms with Crippen LogP contribution in [0.5, 0.6) is 0 Å². The lowest BCUT2D eigenvalue weighted by molar-refractivity contribution is 0.0775. The zero-order chi connectivity index (χ0) is 18.1. The van der Waals surface area contributed by atoms with E-state index in [-0.39, 0.29) is 5.91 Å². The SMILES string of the molecule is Cc1ncoc1CN(C)C(=O)c1ccccc1-n1cnc2ccccc21. The van der Waals surface area contributed by atoms with E-state index in [4.69, 9.17) is 4.42 Å². The minimum Gasteiger partial charge on any atom is -0.446 e. The summed E-state index contributed by atoms with van der Waals surface area (Å²) < 4.78 is 7.30. The topological polar surface area (TPSA) is 64.2 Å². The minimum atomic E-state index is -0.0887. The number of aromatic nitrogens is 3. The number of oxazole rings is 1. The van der Waals surface area contributed by atoms with E-state index in [9.17, 15) is 4.79 Å². The van der Waals surface area contributed by atoms with Gasteiger partial charge in [-0.15, -0.1) is 0 Å². The van der Waals surface area contributed by atoms with E-state index >= 15 is 0 Å². The molecule has 2 aromatic carbocycles. The molecule has 4 rings (SSSR count). The zero-order valence-electron chi connectivity index (χ0n) is 14.6. The van der Waals surface area contributed by atoms with E-state index in [0.29, 0.717) is 17.9 Å². The van der Waals surface area contributed by atoms with Crippen molar-refractivity contribution < 1.29 is 9.21 Å². The summed E-state index contributed by atoms with van der Waals surface area (Å²) in [4.78, 5) is 23.2. The van der Waals surface area contributed by atoms with E-state index in [1.165, 1.54) is 6.39 Å². The summed E-state index contributed by atoms with van der Waals surface area (Å²) in [5.41, 5.74) is 4.04. The summed E-state index contributed by atoms with van der Waals surface area (Å²) >= 11 is 0. The lowest BCUT2D eigenvalue weighted by Gasteiger charge is -2.18. The van der Waals surface area contributed by atoms with Crippen LogP contribution in [0.15, 0.2) is 65.7 Å². The largest absolute Gasteiger partial charge is 0.446 e. The van der Waals surface area contributed by atoms with E-state index in [0.717, 1.165) is 22.4 Å². The van der Waals surface area contributed by atoms with Crippen LogP contribution in [0.2, 0.25) is 0 Å². The van der Waals surface area contributed by atoms with E-state index < -0.39 is 0 Å². The zero-order valence-corrected chi connectivity index (χ0v) is 14.6. The molecule has 0 saturated heterocycles. The third kappa shape index (κ3) is 2.75. The number of nitrogens with zero attached hydrogens (tertiary/aromatic N) is 4. The molecule has 1 amide bonds. The van der Waals surface area contributed by atoms with Gasteiger partial charge in [0.25, 0.3) is 5.91 Å². The number of carbonyl (C=O) groups is 1. The molecule has 2 heterocycles. The first kappa shape index (κ1) is 16.1. The highest BCUT2D eigenvalue weighted by atomic mass is 16.3. The summed E-state index contributed by atoms with van der Waals surface area (Å²) in [5, 5.41) is 0. The van der Waals surface area contributed by atoms with Gasteiger partial charge in [-0.25, -0.2) is 9.97 Å². The third-order valence-electron chi connectivity index (χ3n) is 4.42. The smallest absolute Gasteiger partial charge is 0.256 e. The van der Waals surface area contributed by atoms with Gasteiger partial charge in [0.05, 0.1) is 34.5 Å². The van der Waals surface area contributed by atoms with Crippen molar-refractivity contribution in [3.8, 4) is 5.69 Å². The van der Waals surface area contributed by atoms with Crippen molar-refractivity contribution in [1.82, 2.24) is 19.4 Å². The van der Waals surface area contributed by atoms with Crippen LogP contribution in [0.3, 0.4) is 0 Å². The average molecular weight is 346 g/mol. The highest BCUT2D eigenvalue weighted by Gasteiger charge is 2.19. The number of rotatable bonds is 4. The number of para-hydroxylation sites is 3. The van der Waals surface area contributed by atoms with Crippen molar-refractivity contribution in [2.75, 3.05) is 7.05 Å². The number of hydrogen-bond donors (Lipinski definition) is 0. The van der Waals surface area contributed by atoms with Crippen molar-refractivity contribution >= 4 is 16.9 Å². The molecule has 2 aromatic heterocycles. The van der Waals surface area contributed by atoms with Crippen LogP contribution in [0, 0.1) is 6.92 Å². The Balaban J connectivity index is 1.71. The minimum absolute atomic E-state index is 0.0887. The second kappa shape index (κ2) is 6.48. The number of hydrogen-bond acceptors (Lipinski definition) is 4. The monoisotopic (exact) mass is 346 g/mol. The molecule has 0 N–H and O–H groups in total. The first-order valence-electron chi connectivity index (χ1n) is 8.31. The van der Waals surface area contributed by atoms with Crippen LogP contribution in [-0.2, 0) is 6.54 Å². The molecule has 0 bridgehead atoms. The van der Waals surface area contributed by atoms with Gasteiger partial charge in [-0.3, -0.25) is 9.36 Å². The number of carbonyl (C=O) groups excluding carboxylic acids is 1. The molecule has 0 spiro atoms. The Morgan fingerprint density at radius 2 is 1.88 bits per heavy atom. The first-order chi connectivity index (χ1) is 12.6.